The molecule has 3 heteroatoms. The molecule has 34 heavy (non-hydrogen) atoms. The molecule has 0 heterocycles. The summed E-state index contributed by atoms with van der Waals surface area (Å²) < 4.78 is 11.3. The fourth-order valence-corrected chi connectivity index (χ4v) is 6.16. The van der Waals surface area contributed by atoms with Gasteiger partial charge in [-0.25, -0.2) is 0 Å². The number of rotatable bonds is 25. The van der Waals surface area contributed by atoms with Crippen molar-refractivity contribution < 1.29 is 9.47 Å². The maximum Gasteiger partial charge on any atom is 0.146 e. The van der Waals surface area contributed by atoms with Crippen molar-refractivity contribution in [3.8, 4) is 0 Å². The summed E-state index contributed by atoms with van der Waals surface area (Å²) in [5.74, 6) is 3.96. The Morgan fingerprint density at radius 3 is 1.41 bits per heavy atom. The highest BCUT2D eigenvalue weighted by molar-refractivity contribution is 6.20. The van der Waals surface area contributed by atoms with E-state index in [1.165, 1.54) is 83.5 Å². The van der Waals surface area contributed by atoms with Crippen LogP contribution in [0, 0.1) is 29.6 Å². The van der Waals surface area contributed by atoms with E-state index >= 15 is 0 Å². The van der Waals surface area contributed by atoms with Crippen molar-refractivity contribution >= 4 is 11.6 Å². The summed E-state index contributed by atoms with van der Waals surface area (Å²) >= 11 is 6.17. The van der Waals surface area contributed by atoms with Gasteiger partial charge in [-0.2, -0.15) is 0 Å². The van der Waals surface area contributed by atoms with E-state index in [0.717, 1.165) is 55.6 Å². The van der Waals surface area contributed by atoms with E-state index in [1.54, 1.807) is 0 Å². The van der Waals surface area contributed by atoms with Crippen LogP contribution < -0.4 is 0 Å². The van der Waals surface area contributed by atoms with Gasteiger partial charge in [0.25, 0.3) is 0 Å². The lowest BCUT2D eigenvalue weighted by atomic mass is 9.82. The third-order valence-electron chi connectivity index (χ3n) is 7.24. The van der Waals surface area contributed by atoms with Crippen LogP contribution in [0.25, 0.3) is 0 Å². The highest BCUT2D eigenvalue weighted by atomic mass is 35.5. The lowest BCUT2D eigenvalue weighted by Gasteiger charge is -2.24. The lowest BCUT2D eigenvalue weighted by Crippen LogP contribution is -2.13. The Kier molecular flexibility index (Phi) is 23.7. The molecular weight excluding hydrogens is 440 g/mol. The smallest absolute Gasteiger partial charge is 0.146 e. The molecule has 0 aliphatic carbocycles. The van der Waals surface area contributed by atoms with E-state index in [4.69, 9.17) is 21.1 Å². The number of unbranched alkanes of at least 4 members (excludes halogenated alkanes) is 7. The summed E-state index contributed by atoms with van der Waals surface area (Å²) in [5.41, 5.74) is 0. The molecule has 0 spiro atoms. The summed E-state index contributed by atoms with van der Waals surface area (Å²) in [6.07, 6.45) is 19.7. The lowest BCUT2D eigenvalue weighted by molar-refractivity contribution is -0.0561. The second-order valence-corrected chi connectivity index (χ2v) is 12.8. The monoisotopic (exact) mass is 502 g/mol. The SMILES string of the molecule is CCCCCCCCCCOCOCCCC(C)CC(C)CC(C)CC(C)CC(C)CC(C)Cl. The molecule has 0 fully saturated rings. The minimum absolute atomic E-state index is 0.304. The standard InChI is InChI=1S/C31H63ClO2/c1-8-9-10-11-12-13-14-15-18-33-25-34-19-16-17-26(2)20-27(3)21-28(4)22-29(5)23-30(6)24-31(7)32/h26-31H,8-25H2,1-7H3. The van der Waals surface area contributed by atoms with Crippen LogP contribution in [0.2, 0.25) is 0 Å². The molecule has 0 saturated carbocycles. The molecule has 2 nitrogen and oxygen atoms in total. The molecule has 206 valence electrons. The molecule has 0 N–H and O–H groups in total. The van der Waals surface area contributed by atoms with Gasteiger partial charge in [0.05, 0.1) is 0 Å². The zero-order valence-corrected chi connectivity index (χ0v) is 25.1. The maximum absolute atomic E-state index is 6.17. The summed E-state index contributed by atoms with van der Waals surface area (Å²) in [6, 6.07) is 0. The topological polar surface area (TPSA) is 18.5 Å². The highest BCUT2D eigenvalue weighted by Crippen LogP contribution is 2.29. The predicted octanol–water partition coefficient (Wildman–Crippen LogP) is 10.7. The van der Waals surface area contributed by atoms with Gasteiger partial charge in [0.1, 0.15) is 6.79 Å². The van der Waals surface area contributed by atoms with Crippen LogP contribution in [0.1, 0.15) is 145 Å². The number of alkyl halides is 1. The van der Waals surface area contributed by atoms with Crippen LogP contribution in [0.3, 0.4) is 0 Å². The van der Waals surface area contributed by atoms with Crippen molar-refractivity contribution in [2.75, 3.05) is 20.0 Å². The van der Waals surface area contributed by atoms with Crippen molar-refractivity contribution in [1.82, 2.24) is 0 Å². The van der Waals surface area contributed by atoms with Crippen LogP contribution in [0.5, 0.6) is 0 Å². The highest BCUT2D eigenvalue weighted by Gasteiger charge is 2.17. The van der Waals surface area contributed by atoms with Gasteiger partial charge in [-0.15, -0.1) is 11.6 Å². The fraction of sp³-hybridized carbons (Fsp3) is 1.00. The third kappa shape index (κ3) is 23.9. The number of ether oxygens (including phenoxy) is 2. The minimum atomic E-state index is 0.304. The fourth-order valence-electron chi connectivity index (χ4n) is 5.85. The molecule has 0 bridgehead atoms. The maximum atomic E-state index is 6.17. The van der Waals surface area contributed by atoms with Crippen LogP contribution in [-0.2, 0) is 9.47 Å². The summed E-state index contributed by atoms with van der Waals surface area (Å²) in [7, 11) is 0. The predicted molar refractivity (Wildman–Crippen MR) is 153 cm³/mol. The van der Waals surface area contributed by atoms with Gasteiger partial charge >= 0.3 is 0 Å². The molecule has 0 saturated heterocycles. The van der Waals surface area contributed by atoms with Crippen molar-refractivity contribution in [3.63, 3.8) is 0 Å². The quantitative estimate of drug-likeness (QED) is 0.0701. The molecule has 0 aromatic rings. The van der Waals surface area contributed by atoms with Gasteiger partial charge in [-0.1, -0.05) is 86.5 Å². The van der Waals surface area contributed by atoms with E-state index in [0.29, 0.717) is 12.2 Å². The van der Waals surface area contributed by atoms with Crippen molar-refractivity contribution in [3.05, 3.63) is 0 Å². The van der Waals surface area contributed by atoms with Gasteiger partial charge in [-0.05, 0) is 87.9 Å². The molecule has 0 aromatic carbocycles. The van der Waals surface area contributed by atoms with E-state index in [2.05, 4.69) is 48.5 Å². The second-order valence-electron chi connectivity index (χ2n) is 12.0. The number of hydrogen-bond donors (Lipinski definition) is 0. The summed E-state index contributed by atoms with van der Waals surface area (Å²) in [5, 5.41) is 0.304. The molecular formula is C31H63ClO2. The Labute approximate surface area is 220 Å². The van der Waals surface area contributed by atoms with Gasteiger partial charge in [-0.3, -0.25) is 0 Å². The first-order valence-electron chi connectivity index (χ1n) is 15.0. The Morgan fingerprint density at radius 1 is 0.500 bits per heavy atom. The summed E-state index contributed by atoms with van der Waals surface area (Å²) in [4.78, 5) is 0. The van der Waals surface area contributed by atoms with Crippen molar-refractivity contribution in [1.29, 1.82) is 0 Å². The summed E-state index contributed by atoms with van der Waals surface area (Å²) in [6.45, 7) is 18.7. The molecule has 0 radical (unpaired) electrons. The van der Waals surface area contributed by atoms with Gasteiger partial charge < -0.3 is 9.47 Å². The Balaban J connectivity index is 3.59. The first-order valence-corrected chi connectivity index (χ1v) is 15.5. The third-order valence-corrected chi connectivity index (χ3v) is 7.42. The zero-order chi connectivity index (χ0) is 25.6. The van der Waals surface area contributed by atoms with E-state index in [9.17, 15) is 0 Å². The zero-order valence-electron chi connectivity index (χ0n) is 24.4. The largest absolute Gasteiger partial charge is 0.355 e. The van der Waals surface area contributed by atoms with Crippen LogP contribution in [-0.4, -0.2) is 25.4 Å². The molecule has 0 aliphatic rings. The number of halogens is 1. The average molecular weight is 503 g/mol. The molecule has 0 amide bonds. The molecule has 0 aromatic heterocycles. The van der Waals surface area contributed by atoms with Crippen molar-refractivity contribution in [2.24, 2.45) is 29.6 Å². The van der Waals surface area contributed by atoms with E-state index < -0.39 is 0 Å². The number of hydrogen-bond acceptors (Lipinski definition) is 2. The normalized spacial score (nSPS) is 17.3. The average Bonchev–Trinajstić information content (AvgIpc) is 2.72. The molecule has 0 aliphatic heterocycles. The molecule has 0 rings (SSSR count). The van der Waals surface area contributed by atoms with Crippen LogP contribution in [0.4, 0.5) is 0 Å². The van der Waals surface area contributed by atoms with E-state index in [1.807, 2.05) is 0 Å². The molecule has 6 unspecified atom stereocenters. The van der Waals surface area contributed by atoms with Gasteiger partial charge in [0.2, 0.25) is 0 Å². The van der Waals surface area contributed by atoms with Crippen LogP contribution >= 0.6 is 11.6 Å². The molecule has 6 atom stereocenters. The van der Waals surface area contributed by atoms with Crippen LogP contribution in [0.15, 0.2) is 0 Å². The van der Waals surface area contributed by atoms with E-state index in [-0.39, 0.29) is 0 Å². The Bertz CT molecular complexity index is 414. The minimum Gasteiger partial charge on any atom is -0.355 e. The second kappa shape index (κ2) is 23.6. The van der Waals surface area contributed by atoms with Gasteiger partial charge in [0.15, 0.2) is 0 Å². The Morgan fingerprint density at radius 2 is 0.912 bits per heavy atom. The first kappa shape index (κ1) is 34.2. The Hall–Kier alpha value is 0.210. The first-order chi connectivity index (χ1) is 16.2. The van der Waals surface area contributed by atoms with Crippen molar-refractivity contribution in [2.45, 2.75) is 150 Å². The van der Waals surface area contributed by atoms with Gasteiger partial charge in [0, 0.05) is 18.6 Å².